The number of rotatable bonds is 11. The van der Waals surface area contributed by atoms with Crippen molar-refractivity contribution in [1.29, 1.82) is 0 Å². The molecular formula is C31H37ClN2O3. The van der Waals surface area contributed by atoms with Gasteiger partial charge >= 0.3 is 0 Å². The molecule has 0 aromatic heterocycles. The molecule has 196 valence electrons. The normalized spacial score (nSPS) is 12.0. The smallest absolute Gasteiger partial charge is 0.243 e. The molecule has 0 fully saturated rings. The van der Waals surface area contributed by atoms with Crippen molar-refractivity contribution in [3.63, 3.8) is 0 Å². The minimum absolute atomic E-state index is 0.0903. The van der Waals surface area contributed by atoms with E-state index in [2.05, 4.69) is 5.32 Å². The molecule has 1 unspecified atom stereocenters. The summed E-state index contributed by atoms with van der Waals surface area (Å²) in [5, 5.41) is 3.71. The third kappa shape index (κ3) is 9.58. The third-order valence-electron chi connectivity index (χ3n) is 5.86. The van der Waals surface area contributed by atoms with E-state index >= 15 is 0 Å². The zero-order valence-electron chi connectivity index (χ0n) is 22.2. The van der Waals surface area contributed by atoms with Gasteiger partial charge in [-0.1, -0.05) is 71.8 Å². The van der Waals surface area contributed by atoms with Gasteiger partial charge in [-0.25, -0.2) is 0 Å². The highest BCUT2D eigenvalue weighted by atomic mass is 35.5. The van der Waals surface area contributed by atoms with E-state index in [-0.39, 0.29) is 18.2 Å². The molecule has 0 aliphatic carbocycles. The fourth-order valence-electron chi connectivity index (χ4n) is 3.98. The Morgan fingerprint density at radius 2 is 1.57 bits per heavy atom. The average molecular weight is 521 g/mol. The van der Waals surface area contributed by atoms with E-state index in [1.54, 1.807) is 17.0 Å². The lowest BCUT2D eigenvalue weighted by Gasteiger charge is -2.34. The van der Waals surface area contributed by atoms with Crippen LogP contribution in [0, 0.1) is 6.92 Å². The summed E-state index contributed by atoms with van der Waals surface area (Å²) < 4.78 is 5.83. The predicted octanol–water partition coefficient (Wildman–Crippen LogP) is 6.36. The number of halogens is 1. The summed E-state index contributed by atoms with van der Waals surface area (Å²) in [5.41, 5.74) is 2.64. The summed E-state index contributed by atoms with van der Waals surface area (Å²) in [4.78, 5) is 28.9. The Morgan fingerprint density at radius 3 is 2.19 bits per heavy atom. The summed E-state index contributed by atoms with van der Waals surface area (Å²) in [7, 11) is 0. The van der Waals surface area contributed by atoms with Gasteiger partial charge in [0, 0.05) is 29.9 Å². The lowest BCUT2D eigenvalue weighted by atomic mass is 10.00. The molecule has 2 amide bonds. The van der Waals surface area contributed by atoms with Crippen LogP contribution in [-0.4, -0.2) is 34.9 Å². The summed E-state index contributed by atoms with van der Waals surface area (Å²) in [6.45, 7) is 8.58. The van der Waals surface area contributed by atoms with Crippen molar-refractivity contribution < 1.29 is 14.3 Å². The monoisotopic (exact) mass is 520 g/mol. The molecule has 6 heteroatoms. The predicted molar refractivity (Wildman–Crippen MR) is 150 cm³/mol. The van der Waals surface area contributed by atoms with Crippen molar-refractivity contribution in [1.82, 2.24) is 10.2 Å². The maximum atomic E-state index is 13.6. The summed E-state index contributed by atoms with van der Waals surface area (Å²) in [6, 6.07) is 24.4. The van der Waals surface area contributed by atoms with Crippen molar-refractivity contribution in [3.8, 4) is 5.75 Å². The van der Waals surface area contributed by atoms with Gasteiger partial charge in [0.15, 0.2) is 0 Å². The number of carbonyl (C=O) groups excluding carboxylic acids is 2. The lowest BCUT2D eigenvalue weighted by Crippen LogP contribution is -2.54. The van der Waals surface area contributed by atoms with E-state index in [0.29, 0.717) is 31.0 Å². The van der Waals surface area contributed by atoms with Gasteiger partial charge in [0.05, 0.1) is 6.61 Å². The molecule has 0 aliphatic rings. The number of hydrogen-bond acceptors (Lipinski definition) is 3. The number of carbonyl (C=O) groups is 2. The van der Waals surface area contributed by atoms with Gasteiger partial charge in [-0.15, -0.1) is 0 Å². The maximum absolute atomic E-state index is 13.6. The molecule has 1 N–H and O–H groups in total. The second kappa shape index (κ2) is 13.3. The first-order valence-electron chi connectivity index (χ1n) is 12.7. The highest BCUT2D eigenvalue weighted by Crippen LogP contribution is 2.19. The highest BCUT2D eigenvalue weighted by Gasteiger charge is 2.32. The molecule has 3 rings (SSSR count). The second-order valence-electron chi connectivity index (χ2n) is 10.4. The first kappa shape index (κ1) is 28.3. The molecule has 0 spiro atoms. The van der Waals surface area contributed by atoms with E-state index in [1.165, 1.54) is 5.56 Å². The van der Waals surface area contributed by atoms with Crippen LogP contribution in [0.15, 0.2) is 78.9 Å². The van der Waals surface area contributed by atoms with Crippen LogP contribution in [0.2, 0.25) is 5.02 Å². The fourth-order valence-corrected chi connectivity index (χ4v) is 4.11. The Balaban J connectivity index is 1.80. The van der Waals surface area contributed by atoms with Crippen LogP contribution in [0.1, 0.15) is 50.3 Å². The number of amides is 2. The van der Waals surface area contributed by atoms with Crippen LogP contribution in [0.4, 0.5) is 0 Å². The zero-order valence-corrected chi connectivity index (χ0v) is 22.9. The molecule has 0 bridgehead atoms. The van der Waals surface area contributed by atoms with Gasteiger partial charge in [0.1, 0.15) is 11.8 Å². The lowest BCUT2D eigenvalue weighted by molar-refractivity contribution is -0.142. The van der Waals surface area contributed by atoms with Crippen LogP contribution in [0.3, 0.4) is 0 Å². The Hall–Kier alpha value is -3.31. The fraction of sp³-hybridized carbons (Fsp3) is 0.355. The Morgan fingerprint density at radius 1 is 0.919 bits per heavy atom. The van der Waals surface area contributed by atoms with Crippen molar-refractivity contribution in [2.24, 2.45) is 0 Å². The van der Waals surface area contributed by atoms with E-state index in [9.17, 15) is 9.59 Å². The van der Waals surface area contributed by atoms with Gasteiger partial charge in [-0.05, 0) is 69.5 Å². The van der Waals surface area contributed by atoms with Crippen molar-refractivity contribution in [3.05, 3.63) is 101 Å². The summed E-state index contributed by atoms with van der Waals surface area (Å²) in [5.74, 6) is 0.518. The molecule has 3 aromatic carbocycles. The molecule has 0 heterocycles. The number of ether oxygens (including phenoxy) is 1. The van der Waals surface area contributed by atoms with Crippen LogP contribution in [-0.2, 0) is 22.6 Å². The first-order chi connectivity index (χ1) is 17.6. The SMILES string of the molecule is Cc1ccc(OCCCC(=O)N(Cc2ccc(Cl)cc2)C(Cc2ccccc2)C(=O)NC(C)(C)C)cc1. The van der Waals surface area contributed by atoms with Crippen LogP contribution < -0.4 is 10.1 Å². The van der Waals surface area contributed by atoms with Crippen molar-refractivity contribution in [2.75, 3.05) is 6.61 Å². The standard InChI is InChI=1S/C31H37ClN2O3/c1-23-12-18-27(19-13-23)37-20-8-11-29(35)34(22-25-14-16-26(32)17-15-25)28(30(36)33-31(2,3)4)21-24-9-6-5-7-10-24/h5-7,9-10,12-19,28H,8,11,20-22H2,1-4H3,(H,33,36). The van der Waals surface area contributed by atoms with E-state index < -0.39 is 11.6 Å². The topological polar surface area (TPSA) is 58.6 Å². The van der Waals surface area contributed by atoms with Gasteiger partial charge in [-0.2, -0.15) is 0 Å². The van der Waals surface area contributed by atoms with Gasteiger partial charge < -0.3 is 15.0 Å². The quantitative estimate of drug-likeness (QED) is 0.299. The van der Waals surface area contributed by atoms with E-state index in [0.717, 1.165) is 16.9 Å². The Kier molecular flexibility index (Phi) is 10.2. The average Bonchev–Trinajstić information content (AvgIpc) is 2.85. The minimum atomic E-state index is -0.664. The number of nitrogens with one attached hydrogen (secondary N) is 1. The molecule has 5 nitrogen and oxygen atoms in total. The second-order valence-corrected chi connectivity index (χ2v) is 10.8. The van der Waals surface area contributed by atoms with Gasteiger partial charge in [0.25, 0.3) is 0 Å². The van der Waals surface area contributed by atoms with Crippen LogP contribution in [0.5, 0.6) is 5.75 Å². The molecule has 37 heavy (non-hydrogen) atoms. The van der Waals surface area contributed by atoms with Crippen LogP contribution in [0.25, 0.3) is 0 Å². The molecular weight excluding hydrogens is 484 g/mol. The highest BCUT2D eigenvalue weighted by molar-refractivity contribution is 6.30. The molecule has 3 aromatic rings. The Bertz CT molecular complexity index is 1140. The Labute approximate surface area is 225 Å². The van der Waals surface area contributed by atoms with Crippen LogP contribution >= 0.6 is 11.6 Å². The summed E-state index contributed by atoms with van der Waals surface area (Å²) in [6.07, 6.45) is 1.23. The maximum Gasteiger partial charge on any atom is 0.243 e. The van der Waals surface area contributed by atoms with Gasteiger partial charge in [0.2, 0.25) is 11.8 Å². The van der Waals surface area contributed by atoms with Crippen molar-refractivity contribution in [2.45, 2.75) is 65.1 Å². The molecule has 0 radical (unpaired) electrons. The number of nitrogens with zero attached hydrogens (tertiary/aromatic N) is 1. The van der Waals surface area contributed by atoms with E-state index in [4.69, 9.17) is 16.3 Å². The number of aryl methyl sites for hydroxylation is 1. The third-order valence-corrected chi connectivity index (χ3v) is 6.11. The first-order valence-corrected chi connectivity index (χ1v) is 13.1. The number of hydrogen-bond donors (Lipinski definition) is 1. The molecule has 1 atom stereocenters. The van der Waals surface area contributed by atoms with Crippen molar-refractivity contribution >= 4 is 23.4 Å². The minimum Gasteiger partial charge on any atom is -0.494 e. The molecule has 0 aliphatic heterocycles. The summed E-state index contributed by atoms with van der Waals surface area (Å²) >= 11 is 6.09. The zero-order chi connectivity index (χ0) is 26.8. The molecule has 0 saturated heterocycles. The van der Waals surface area contributed by atoms with Gasteiger partial charge in [-0.3, -0.25) is 9.59 Å². The molecule has 0 saturated carbocycles. The largest absolute Gasteiger partial charge is 0.494 e. The van der Waals surface area contributed by atoms with E-state index in [1.807, 2.05) is 94.4 Å². The number of benzene rings is 3.